The third kappa shape index (κ3) is 4.33. The molecule has 3 unspecified atom stereocenters. The van der Waals surface area contributed by atoms with Crippen LogP contribution < -0.4 is 0 Å². The minimum atomic E-state index is 0.427. The van der Waals surface area contributed by atoms with E-state index in [0.717, 1.165) is 35.5 Å². The van der Waals surface area contributed by atoms with Gasteiger partial charge >= 0.3 is 0 Å². The van der Waals surface area contributed by atoms with Crippen LogP contribution in [0, 0.1) is 41.4 Å². The Kier molecular flexibility index (Phi) is 6.46. The summed E-state index contributed by atoms with van der Waals surface area (Å²) in [6.07, 6.45) is 17.5. The zero-order chi connectivity index (χ0) is 16.2. The second-order valence-electron chi connectivity index (χ2n) is 9.39. The third-order valence-electron chi connectivity index (χ3n) is 8.08. The quantitative estimate of drug-likeness (QED) is 0.668. The molecular weight excluding hydrogens is 280 g/mol. The zero-order valence-electron chi connectivity index (χ0n) is 15.7. The van der Waals surface area contributed by atoms with Gasteiger partial charge in [-0.25, -0.2) is 0 Å². The number of hydrogen-bond donors (Lipinski definition) is 1. The molecule has 3 rings (SSSR count). The third-order valence-corrected chi connectivity index (χ3v) is 8.08. The minimum absolute atomic E-state index is 0.427. The standard InChI is InChI=1S/C22H40O/c1-3-18-14-17(15-23)6-13-22(18)21-11-9-20(10-12-21)19-7-4-16(2)5-8-19/h16-23H,3-15H2,1-2H3. The summed E-state index contributed by atoms with van der Waals surface area (Å²) in [6, 6.07) is 0. The Labute approximate surface area is 144 Å². The van der Waals surface area contributed by atoms with Crippen LogP contribution >= 0.6 is 0 Å². The molecule has 0 aromatic carbocycles. The molecule has 0 amide bonds. The van der Waals surface area contributed by atoms with Crippen LogP contribution in [0.25, 0.3) is 0 Å². The van der Waals surface area contributed by atoms with Crippen LogP contribution in [-0.2, 0) is 0 Å². The highest BCUT2D eigenvalue weighted by Crippen LogP contribution is 2.48. The van der Waals surface area contributed by atoms with Crippen molar-refractivity contribution in [3.63, 3.8) is 0 Å². The molecule has 3 fully saturated rings. The average molecular weight is 321 g/mol. The van der Waals surface area contributed by atoms with E-state index in [4.69, 9.17) is 0 Å². The van der Waals surface area contributed by atoms with E-state index in [1.807, 2.05) is 0 Å². The van der Waals surface area contributed by atoms with Crippen LogP contribution in [0.15, 0.2) is 0 Å². The fraction of sp³-hybridized carbons (Fsp3) is 1.00. The van der Waals surface area contributed by atoms with E-state index in [9.17, 15) is 5.11 Å². The highest BCUT2D eigenvalue weighted by atomic mass is 16.3. The van der Waals surface area contributed by atoms with E-state index >= 15 is 0 Å². The molecule has 3 aliphatic rings. The van der Waals surface area contributed by atoms with Crippen molar-refractivity contribution in [2.24, 2.45) is 41.4 Å². The topological polar surface area (TPSA) is 20.2 Å². The largest absolute Gasteiger partial charge is 0.396 e. The second kappa shape index (κ2) is 8.37. The highest BCUT2D eigenvalue weighted by molar-refractivity contribution is 4.88. The summed E-state index contributed by atoms with van der Waals surface area (Å²) in [6.45, 7) is 5.25. The van der Waals surface area contributed by atoms with Crippen LogP contribution in [0.1, 0.15) is 90.9 Å². The van der Waals surface area contributed by atoms with Crippen molar-refractivity contribution in [2.75, 3.05) is 6.61 Å². The molecule has 0 aromatic rings. The molecule has 0 aliphatic heterocycles. The van der Waals surface area contributed by atoms with Crippen molar-refractivity contribution >= 4 is 0 Å². The van der Waals surface area contributed by atoms with Crippen LogP contribution in [0.2, 0.25) is 0 Å². The average Bonchev–Trinajstić information content (AvgIpc) is 2.62. The first kappa shape index (κ1) is 17.8. The van der Waals surface area contributed by atoms with Gasteiger partial charge in [0, 0.05) is 6.61 Å². The van der Waals surface area contributed by atoms with Gasteiger partial charge in [0.1, 0.15) is 0 Å². The molecule has 0 spiro atoms. The molecule has 3 saturated carbocycles. The maximum absolute atomic E-state index is 9.50. The Morgan fingerprint density at radius 1 is 0.739 bits per heavy atom. The van der Waals surface area contributed by atoms with Gasteiger partial charge in [0.15, 0.2) is 0 Å². The second-order valence-corrected chi connectivity index (χ2v) is 9.39. The summed E-state index contributed by atoms with van der Waals surface area (Å²) in [4.78, 5) is 0. The Morgan fingerprint density at radius 2 is 1.30 bits per heavy atom. The fourth-order valence-electron chi connectivity index (χ4n) is 6.44. The molecule has 0 saturated heterocycles. The van der Waals surface area contributed by atoms with E-state index in [0.29, 0.717) is 12.5 Å². The molecule has 1 nitrogen and oxygen atoms in total. The van der Waals surface area contributed by atoms with Crippen LogP contribution in [0.3, 0.4) is 0 Å². The summed E-state index contributed by atoms with van der Waals surface area (Å²) >= 11 is 0. The smallest absolute Gasteiger partial charge is 0.0459 e. The maximum Gasteiger partial charge on any atom is 0.0459 e. The summed E-state index contributed by atoms with van der Waals surface area (Å²) in [7, 11) is 0. The number of rotatable bonds is 4. The first-order valence-electron chi connectivity index (χ1n) is 10.8. The van der Waals surface area contributed by atoms with Gasteiger partial charge in [-0.2, -0.15) is 0 Å². The van der Waals surface area contributed by atoms with E-state index in [-0.39, 0.29) is 0 Å². The Hall–Kier alpha value is -0.0400. The van der Waals surface area contributed by atoms with Gasteiger partial charge in [-0.15, -0.1) is 0 Å². The molecule has 0 radical (unpaired) electrons. The maximum atomic E-state index is 9.50. The molecule has 3 atom stereocenters. The molecule has 23 heavy (non-hydrogen) atoms. The van der Waals surface area contributed by atoms with Crippen molar-refractivity contribution in [2.45, 2.75) is 90.9 Å². The van der Waals surface area contributed by atoms with Crippen LogP contribution in [0.5, 0.6) is 0 Å². The van der Waals surface area contributed by atoms with Crippen molar-refractivity contribution < 1.29 is 5.11 Å². The van der Waals surface area contributed by atoms with Crippen molar-refractivity contribution in [3.05, 3.63) is 0 Å². The molecule has 134 valence electrons. The summed E-state index contributed by atoms with van der Waals surface area (Å²) in [5, 5.41) is 9.50. The Bertz CT molecular complexity index is 336. The van der Waals surface area contributed by atoms with Crippen LogP contribution in [0.4, 0.5) is 0 Å². The Balaban J connectivity index is 1.48. The minimum Gasteiger partial charge on any atom is -0.396 e. The van der Waals surface area contributed by atoms with E-state index < -0.39 is 0 Å². The Morgan fingerprint density at radius 3 is 1.87 bits per heavy atom. The zero-order valence-corrected chi connectivity index (χ0v) is 15.7. The summed E-state index contributed by atoms with van der Waals surface area (Å²) in [5.41, 5.74) is 0. The number of hydrogen-bond acceptors (Lipinski definition) is 1. The van der Waals surface area contributed by atoms with E-state index in [1.54, 1.807) is 0 Å². The van der Waals surface area contributed by atoms with Gasteiger partial charge in [-0.1, -0.05) is 33.1 Å². The van der Waals surface area contributed by atoms with Gasteiger partial charge < -0.3 is 5.11 Å². The van der Waals surface area contributed by atoms with Gasteiger partial charge in [0.2, 0.25) is 0 Å². The van der Waals surface area contributed by atoms with Gasteiger partial charge in [-0.3, -0.25) is 0 Å². The first-order chi connectivity index (χ1) is 11.2. The summed E-state index contributed by atoms with van der Waals surface area (Å²) < 4.78 is 0. The molecule has 0 aromatic heterocycles. The monoisotopic (exact) mass is 320 g/mol. The molecule has 0 bridgehead atoms. The van der Waals surface area contributed by atoms with Crippen molar-refractivity contribution in [1.82, 2.24) is 0 Å². The lowest BCUT2D eigenvalue weighted by Gasteiger charge is -2.44. The predicted molar refractivity (Wildman–Crippen MR) is 98.3 cm³/mol. The van der Waals surface area contributed by atoms with Crippen molar-refractivity contribution in [1.29, 1.82) is 0 Å². The lowest BCUT2D eigenvalue weighted by atomic mass is 9.62. The number of aliphatic hydroxyl groups is 1. The summed E-state index contributed by atoms with van der Waals surface area (Å²) in [5.74, 6) is 6.63. The molecular formula is C22H40O. The first-order valence-corrected chi connectivity index (χ1v) is 10.8. The molecule has 3 aliphatic carbocycles. The van der Waals surface area contributed by atoms with Gasteiger partial charge in [0.25, 0.3) is 0 Å². The van der Waals surface area contributed by atoms with Crippen LogP contribution in [-0.4, -0.2) is 11.7 Å². The van der Waals surface area contributed by atoms with Gasteiger partial charge in [-0.05, 0) is 99.2 Å². The van der Waals surface area contributed by atoms with E-state index in [1.165, 1.54) is 77.0 Å². The van der Waals surface area contributed by atoms with Crippen molar-refractivity contribution in [3.8, 4) is 0 Å². The fourth-order valence-corrected chi connectivity index (χ4v) is 6.44. The lowest BCUT2D eigenvalue weighted by Crippen LogP contribution is -2.34. The predicted octanol–water partition coefficient (Wildman–Crippen LogP) is 6.05. The lowest BCUT2D eigenvalue weighted by molar-refractivity contribution is 0.0525. The molecule has 0 heterocycles. The number of aliphatic hydroxyl groups excluding tert-OH is 1. The highest BCUT2D eigenvalue weighted by Gasteiger charge is 2.37. The molecule has 1 heteroatoms. The SMILES string of the molecule is CCC1CC(CO)CCC1C1CCC(C2CCC(C)CC2)CC1. The molecule has 1 N–H and O–H groups in total. The normalized spacial score (nSPS) is 45.8. The van der Waals surface area contributed by atoms with E-state index in [2.05, 4.69) is 13.8 Å². The van der Waals surface area contributed by atoms with Gasteiger partial charge in [0.05, 0.1) is 0 Å².